The Hall–Kier alpha value is -0.340. The predicted molar refractivity (Wildman–Crippen MR) is 46.1 cm³/mol. The van der Waals surface area contributed by atoms with Gasteiger partial charge >= 0.3 is 0 Å². The van der Waals surface area contributed by atoms with E-state index in [9.17, 15) is 0 Å². The van der Waals surface area contributed by atoms with Crippen molar-refractivity contribution in [2.75, 3.05) is 0 Å². The van der Waals surface area contributed by atoms with Gasteiger partial charge in [-0.3, -0.25) is 0 Å². The summed E-state index contributed by atoms with van der Waals surface area (Å²) in [5, 5.41) is 9.12. The minimum Gasteiger partial charge on any atom is -0.393 e. The van der Waals surface area contributed by atoms with Crippen molar-refractivity contribution in [3.05, 3.63) is 12.2 Å². The first kappa shape index (κ1) is 8.75. The molecule has 0 amide bonds. The van der Waals surface area contributed by atoms with Gasteiger partial charge in [-0.1, -0.05) is 12.2 Å². The molecule has 64 valence electrons. The van der Waals surface area contributed by atoms with Crippen molar-refractivity contribution in [3.63, 3.8) is 0 Å². The van der Waals surface area contributed by atoms with Crippen molar-refractivity contribution < 1.29 is 5.11 Å². The van der Waals surface area contributed by atoms with E-state index in [4.69, 9.17) is 10.8 Å². The lowest BCUT2D eigenvalue weighted by molar-refractivity contribution is 0.169. The first-order valence-corrected chi connectivity index (χ1v) is 4.08. The topological polar surface area (TPSA) is 46.2 Å². The van der Waals surface area contributed by atoms with Gasteiger partial charge in [0, 0.05) is 5.54 Å². The summed E-state index contributed by atoms with van der Waals surface area (Å²) in [6.07, 6.45) is 1.40. The minimum absolute atomic E-state index is 0.139. The lowest BCUT2D eigenvalue weighted by Crippen LogP contribution is -2.29. The third-order valence-corrected chi connectivity index (χ3v) is 2.39. The fourth-order valence-electron chi connectivity index (χ4n) is 1.76. The molecule has 2 nitrogen and oxygen atoms in total. The highest BCUT2D eigenvalue weighted by Crippen LogP contribution is 2.48. The van der Waals surface area contributed by atoms with Gasteiger partial charge in [0.25, 0.3) is 0 Å². The molecule has 1 aliphatic rings. The molecule has 3 N–H and O–H groups in total. The first-order valence-electron chi connectivity index (χ1n) is 4.08. The van der Waals surface area contributed by atoms with Crippen LogP contribution in [-0.2, 0) is 0 Å². The Morgan fingerprint density at radius 2 is 2.45 bits per heavy atom. The van der Waals surface area contributed by atoms with Crippen LogP contribution in [0.25, 0.3) is 0 Å². The minimum atomic E-state index is -0.288. The molecule has 0 radical (unpaired) electrons. The summed E-state index contributed by atoms with van der Waals surface area (Å²) in [4.78, 5) is 0. The van der Waals surface area contributed by atoms with Gasteiger partial charge in [0.2, 0.25) is 0 Å². The quantitative estimate of drug-likeness (QED) is 0.598. The summed E-state index contributed by atoms with van der Waals surface area (Å²) in [5.41, 5.74) is 6.98. The average molecular weight is 155 g/mol. The summed E-state index contributed by atoms with van der Waals surface area (Å²) in [5.74, 6) is 0.442. The van der Waals surface area contributed by atoms with E-state index in [2.05, 4.69) is 6.58 Å². The largest absolute Gasteiger partial charge is 0.393 e. The molecule has 11 heavy (non-hydrogen) atoms. The molecule has 1 fully saturated rings. The molecule has 1 saturated carbocycles. The zero-order chi connectivity index (χ0) is 8.65. The number of hydrogen-bond donors (Lipinski definition) is 2. The molecule has 0 saturated heterocycles. The fourth-order valence-corrected chi connectivity index (χ4v) is 1.76. The van der Waals surface area contributed by atoms with Gasteiger partial charge in [0.1, 0.15) is 0 Å². The SMILES string of the molecule is C=C(C)C1CC1(N)C[C@@H](C)O. The van der Waals surface area contributed by atoms with E-state index < -0.39 is 0 Å². The van der Waals surface area contributed by atoms with Crippen LogP contribution in [0.4, 0.5) is 0 Å². The van der Waals surface area contributed by atoms with Gasteiger partial charge in [-0.2, -0.15) is 0 Å². The van der Waals surface area contributed by atoms with Crippen LogP contribution in [0.2, 0.25) is 0 Å². The van der Waals surface area contributed by atoms with E-state index in [1.807, 2.05) is 6.92 Å². The highest BCUT2D eigenvalue weighted by molar-refractivity contribution is 5.21. The predicted octanol–water partition coefficient (Wildman–Crippen LogP) is 1.05. The maximum Gasteiger partial charge on any atom is 0.0529 e. The highest BCUT2D eigenvalue weighted by atomic mass is 16.3. The molecule has 3 atom stereocenters. The Balaban J connectivity index is 2.43. The molecule has 2 heteroatoms. The summed E-state index contributed by atoms with van der Waals surface area (Å²) < 4.78 is 0. The van der Waals surface area contributed by atoms with Crippen LogP contribution in [0.15, 0.2) is 12.2 Å². The van der Waals surface area contributed by atoms with Crippen molar-refractivity contribution in [2.24, 2.45) is 11.7 Å². The monoisotopic (exact) mass is 155 g/mol. The van der Waals surface area contributed by atoms with Crippen LogP contribution >= 0.6 is 0 Å². The normalized spacial score (nSPS) is 38.4. The van der Waals surface area contributed by atoms with Gasteiger partial charge in [-0.15, -0.1) is 0 Å². The van der Waals surface area contributed by atoms with E-state index in [0.29, 0.717) is 12.3 Å². The lowest BCUT2D eigenvalue weighted by atomic mass is 10.0. The van der Waals surface area contributed by atoms with E-state index >= 15 is 0 Å². The van der Waals surface area contributed by atoms with Crippen molar-refractivity contribution in [3.8, 4) is 0 Å². The van der Waals surface area contributed by atoms with Crippen molar-refractivity contribution in [1.82, 2.24) is 0 Å². The Kier molecular flexibility index (Phi) is 2.08. The fraction of sp³-hybridized carbons (Fsp3) is 0.778. The molecule has 0 aromatic rings. The van der Waals surface area contributed by atoms with E-state index in [1.165, 1.54) is 0 Å². The number of nitrogens with two attached hydrogens (primary N) is 1. The molecule has 0 bridgehead atoms. The van der Waals surface area contributed by atoms with Crippen LogP contribution < -0.4 is 5.73 Å². The first-order chi connectivity index (χ1) is 4.96. The summed E-state index contributed by atoms with van der Waals surface area (Å²) in [6, 6.07) is 0. The molecule has 1 rings (SSSR count). The highest BCUT2D eigenvalue weighted by Gasteiger charge is 2.51. The van der Waals surface area contributed by atoms with Crippen molar-refractivity contribution in [2.45, 2.75) is 38.3 Å². The summed E-state index contributed by atoms with van der Waals surface area (Å²) >= 11 is 0. The molecule has 0 aromatic heterocycles. The third kappa shape index (κ3) is 1.82. The molecule has 0 spiro atoms. The van der Waals surface area contributed by atoms with Crippen molar-refractivity contribution >= 4 is 0 Å². The molecule has 0 aromatic carbocycles. The molecular formula is C9H17NO. The smallest absolute Gasteiger partial charge is 0.0529 e. The Bertz CT molecular complexity index is 176. The molecule has 0 aliphatic heterocycles. The van der Waals surface area contributed by atoms with Crippen LogP contribution in [0.3, 0.4) is 0 Å². The summed E-state index contributed by atoms with van der Waals surface area (Å²) in [7, 11) is 0. The second-order valence-corrected chi connectivity index (χ2v) is 3.89. The molecular weight excluding hydrogens is 138 g/mol. The van der Waals surface area contributed by atoms with Crippen LogP contribution in [-0.4, -0.2) is 16.7 Å². The maximum absolute atomic E-state index is 9.12. The Labute approximate surface area is 68.1 Å². The van der Waals surface area contributed by atoms with Gasteiger partial charge in [-0.05, 0) is 32.6 Å². The standard InChI is InChI=1S/C9H17NO/c1-6(2)8-5-9(8,10)4-7(3)11/h7-8,11H,1,4-5,10H2,2-3H3/t7-,8?,9?/m1/s1. The van der Waals surface area contributed by atoms with Crippen LogP contribution in [0.1, 0.15) is 26.7 Å². The zero-order valence-corrected chi connectivity index (χ0v) is 7.30. The third-order valence-electron chi connectivity index (χ3n) is 2.39. The van der Waals surface area contributed by atoms with Crippen LogP contribution in [0.5, 0.6) is 0 Å². The molecule has 2 unspecified atom stereocenters. The average Bonchev–Trinajstić information content (AvgIpc) is 2.39. The van der Waals surface area contributed by atoms with Crippen LogP contribution in [0, 0.1) is 5.92 Å². The Morgan fingerprint density at radius 1 is 1.91 bits per heavy atom. The molecule has 0 heterocycles. The van der Waals surface area contributed by atoms with Crippen molar-refractivity contribution in [1.29, 1.82) is 0 Å². The Morgan fingerprint density at radius 3 is 2.73 bits per heavy atom. The van der Waals surface area contributed by atoms with Gasteiger partial charge < -0.3 is 10.8 Å². The second-order valence-electron chi connectivity index (χ2n) is 3.89. The number of rotatable bonds is 3. The number of hydrogen-bond acceptors (Lipinski definition) is 2. The van der Waals surface area contributed by atoms with E-state index in [1.54, 1.807) is 6.92 Å². The second kappa shape index (κ2) is 2.61. The number of aliphatic hydroxyl groups is 1. The zero-order valence-electron chi connectivity index (χ0n) is 7.30. The van der Waals surface area contributed by atoms with Gasteiger partial charge in [0.05, 0.1) is 6.10 Å². The van der Waals surface area contributed by atoms with E-state index in [-0.39, 0.29) is 11.6 Å². The number of aliphatic hydroxyl groups excluding tert-OH is 1. The maximum atomic E-state index is 9.12. The van der Waals surface area contributed by atoms with Gasteiger partial charge in [0.15, 0.2) is 0 Å². The molecule has 1 aliphatic carbocycles. The summed E-state index contributed by atoms with van der Waals surface area (Å²) in [6.45, 7) is 7.64. The lowest BCUT2D eigenvalue weighted by Gasteiger charge is -2.13. The van der Waals surface area contributed by atoms with Gasteiger partial charge in [-0.25, -0.2) is 0 Å². The van der Waals surface area contributed by atoms with E-state index in [0.717, 1.165) is 12.0 Å².